The van der Waals surface area contributed by atoms with Crippen LogP contribution < -0.4 is 5.32 Å². The quantitative estimate of drug-likeness (QED) is 0.887. The van der Waals surface area contributed by atoms with Crippen LogP contribution in [-0.4, -0.2) is 22.2 Å². The van der Waals surface area contributed by atoms with Crippen LogP contribution in [0.5, 0.6) is 0 Å². The average molecular weight is 285 g/mol. The minimum Gasteiger partial charge on any atom is -0.356 e. The van der Waals surface area contributed by atoms with Crippen molar-refractivity contribution in [3.8, 4) is 5.69 Å². The van der Waals surface area contributed by atoms with E-state index in [1.165, 1.54) is 5.56 Å². The van der Waals surface area contributed by atoms with E-state index in [1.807, 2.05) is 48.9 Å². The fourth-order valence-corrected chi connectivity index (χ4v) is 2.50. The van der Waals surface area contributed by atoms with Crippen LogP contribution in [0, 0.1) is 13.8 Å². The van der Waals surface area contributed by atoms with Crippen molar-refractivity contribution in [3.63, 3.8) is 0 Å². The number of amides is 1. The second-order valence-electron chi connectivity index (χ2n) is 5.25. The minimum atomic E-state index is 0.128. The molecule has 0 saturated carbocycles. The summed E-state index contributed by atoms with van der Waals surface area (Å²) in [5.41, 5.74) is 4.46. The van der Waals surface area contributed by atoms with Gasteiger partial charge in [0.1, 0.15) is 0 Å². The van der Waals surface area contributed by atoms with E-state index in [2.05, 4.69) is 17.3 Å². The van der Waals surface area contributed by atoms with E-state index < -0.39 is 0 Å². The summed E-state index contributed by atoms with van der Waals surface area (Å²) in [5.74, 6) is 0.128. The fourth-order valence-electron chi connectivity index (χ4n) is 2.50. The third-order valence-electron chi connectivity index (χ3n) is 3.62. The molecule has 0 saturated heterocycles. The Bertz CT molecular complexity index is 602. The summed E-state index contributed by atoms with van der Waals surface area (Å²) in [4.78, 5) is 11.5. The van der Waals surface area contributed by atoms with Gasteiger partial charge in [-0.15, -0.1) is 0 Å². The zero-order chi connectivity index (χ0) is 15.2. The molecule has 0 radical (unpaired) electrons. The average Bonchev–Trinajstić information content (AvgIpc) is 2.76. The lowest BCUT2D eigenvalue weighted by atomic mass is 10.1. The molecule has 2 aromatic rings. The first kappa shape index (κ1) is 15.3. The van der Waals surface area contributed by atoms with Crippen LogP contribution >= 0.6 is 0 Å². The van der Waals surface area contributed by atoms with Crippen molar-refractivity contribution in [3.05, 3.63) is 47.3 Å². The number of hydrogen-bond acceptors (Lipinski definition) is 2. The second kappa shape index (κ2) is 7.07. The maximum atomic E-state index is 11.5. The Labute approximate surface area is 126 Å². The summed E-state index contributed by atoms with van der Waals surface area (Å²) in [6.07, 6.45) is 2.30. The predicted molar refractivity (Wildman–Crippen MR) is 84.7 cm³/mol. The number of carbonyl (C=O) groups is 1. The molecule has 0 fully saturated rings. The number of rotatable bonds is 6. The Morgan fingerprint density at radius 2 is 1.95 bits per heavy atom. The number of nitrogens with one attached hydrogen (secondary N) is 1. The predicted octanol–water partition coefficient (Wildman–Crippen LogP) is 2.95. The lowest BCUT2D eigenvalue weighted by molar-refractivity contribution is -0.121. The Morgan fingerprint density at radius 3 is 2.62 bits per heavy atom. The van der Waals surface area contributed by atoms with Crippen molar-refractivity contribution in [1.82, 2.24) is 15.1 Å². The van der Waals surface area contributed by atoms with E-state index in [9.17, 15) is 4.79 Å². The summed E-state index contributed by atoms with van der Waals surface area (Å²) in [6.45, 7) is 6.78. The molecule has 112 valence electrons. The Balaban J connectivity index is 2.08. The van der Waals surface area contributed by atoms with E-state index >= 15 is 0 Å². The molecule has 0 bridgehead atoms. The normalized spacial score (nSPS) is 10.6. The smallest absolute Gasteiger partial charge is 0.219 e. The van der Waals surface area contributed by atoms with Gasteiger partial charge in [0.15, 0.2) is 0 Å². The van der Waals surface area contributed by atoms with E-state index in [0.717, 1.165) is 29.9 Å². The van der Waals surface area contributed by atoms with E-state index in [1.54, 1.807) is 0 Å². The highest BCUT2D eigenvalue weighted by atomic mass is 16.1. The lowest BCUT2D eigenvalue weighted by Gasteiger charge is -2.06. The van der Waals surface area contributed by atoms with Crippen molar-refractivity contribution in [2.75, 3.05) is 6.54 Å². The van der Waals surface area contributed by atoms with Crippen LogP contribution in [0.4, 0.5) is 0 Å². The molecule has 4 heteroatoms. The van der Waals surface area contributed by atoms with Crippen molar-refractivity contribution in [2.45, 2.75) is 40.0 Å². The van der Waals surface area contributed by atoms with Crippen LogP contribution in [0.25, 0.3) is 5.69 Å². The third-order valence-corrected chi connectivity index (χ3v) is 3.62. The highest BCUT2D eigenvalue weighted by Gasteiger charge is 2.12. The molecule has 2 rings (SSSR count). The highest BCUT2D eigenvalue weighted by Crippen LogP contribution is 2.17. The van der Waals surface area contributed by atoms with Crippen LogP contribution in [0.15, 0.2) is 30.3 Å². The van der Waals surface area contributed by atoms with Crippen molar-refractivity contribution in [1.29, 1.82) is 0 Å². The molecule has 0 atom stereocenters. The van der Waals surface area contributed by atoms with Crippen LogP contribution in [-0.2, 0) is 11.2 Å². The van der Waals surface area contributed by atoms with Crippen LogP contribution in [0.1, 0.15) is 36.7 Å². The van der Waals surface area contributed by atoms with Gasteiger partial charge in [-0.2, -0.15) is 5.10 Å². The van der Waals surface area contributed by atoms with Crippen molar-refractivity contribution in [2.24, 2.45) is 0 Å². The molecular formula is C17H23N3O. The van der Waals surface area contributed by atoms with Gasteiger partial charge in [0, 0.05) is 18.7 Å². The van der Waals surface area contributed by atoms with Gasteiger partial charge in [0.25, 0.3) is 0 Å². The van der Waals surface area contributed by atoms with E-state index in [-0.39, 0.29) is 5.91 Å². The van der Waals surface area contributed by atoms with Crippen molar-refractivity contribution >= 4 is 5.91 Å². The van der Waals surface area contributed by atoms with Gasteiger partial charge in [-0.3, -0.25) is 4.79 Å². The van der Waals surface area contributed by atoms with Gasteiger partial charge >= 0.3 is 0 Å². The molecular weight excluding hydrogens is 262 g/mol. The maximum absolute atomic E-state index is 11.5. The molecule has 4 nitrogen and oxygen atoms in total. The molecule has 0 aliphatic heterocycles. The molecule has 21 heavy (non-hydrogen) atoms. The summed E-state index contributed by atoms with van der Waals surface area (Å²) in [5, 5.41) is 7.58. The zero-order valence-corrected chi connectivity index (χ0v) is 13.0. The molecule has 0 unspecified atom stereocenters. The van der Waals surface area contributed by atoms with Gasteiger partial charge in [-0.25, -0.2) is 4.68 Å². The molecule has 1 heterocycles. The zero-order valence-electron chi connectivity index (χ0n) is 13.0. The summed E-state index contributed by atoms with van der Waals surface area (Å²) in [6, 6.07) is 10.1. The van der Waals surface area contributed by atoms with E-state index in [4.69, 9.17) is 0 Å². The fraction of sp³-hybridized carbons (Fsp3) is 0.412. The molecule has 1 aromatic carbocycles. The molecule has 0 aliphatic rings. The van der Waals surface area contributed by atoms with Gasteiger partial charge in [-0.1, -0.05) is 25.1 Å². The number of hydrogen-bond donors (Lipinski definition) is 1. The molecule has 1 aromatic heterocycles. The number of nitrogens with zero attached hydrogens (tertiary/aromatic N) is 2. The third kappa shape index (κ3) is 3.72. The number of carbonyl (C=O) groups excluding carboxylic acids is 1. The summed E-state index contributed by atoms with van der Waals surface area (Å²) in [7, 11) is 0. The molecule has 0 spiro atoms. The number of benzene rings is 1. The van der Waals surface area contributed by atoms with Gasteiger partial charge in [-0.05, 0) is 44.4 Å². The number of para-hydroxylation sites is 1. The molecule has 1 amide bonds. The second-order valence-corrected chi connectivity index (χ2v) is 5.25. The van der Waals surface area contributed by atoms with Crippen LogP contribution in [0.3, 0.4) is 0 Å². The van der Waals surface area contributed by atoms with Crippen LogP contribution in [0.2, 0.25) is 0 Å². The topological polar surface area (TPSA) is 46.9 Å². The maximum Gasteiger partial charge on any atom is 0.219 e. The lowest BCUT2D eigenvalue weighted by Crippen LogP contribution is -2.25. The Kier molecular flexibility index (Phi) is 5.14. The van der Waals surface area contributed by atoms with E-state index in [0.29, 0.717) is 13.0 Å². The number of aromatic nitrogens is 2. The SMILES string of the molecule is CCCC(=O)NCCc1c(C)nn(-c2ccccc2)c1C. The summed E-state index contributed by atoms with van der Waals surface area (Å²) < 4.78 is 1.97. The largest absolute Gasteiger partial charge is 0.356 e. The van der Waals surface area contributed by atoms with Gasteiger partial charge in [0.05, 0.1) is 11.4 Å². The summed E-state index contributed by atoms with van der Waals surface area (Å²) >= 11 is 0. The standard InChI is InChI=1S/C17H23N3O/c1-4-8-17(21)18-12-11-16-13(2)19-20(14(16)3)15-9-6-5-7-10-15/h5-7,9-10H,4,8,11-12H2,1-3H3,(H,18,21). The highest BCUT2D eigenvalue weighted by molar-refractivity contribution is 5.75. The molecule has 1 N–H and O–H groups in total. The van der Waals surface area contributed by atoms with Gasteiger partial charge in [0.2, 0.25) is 5.91 Å². The first-order valence-corrected chi connectivity index (χ1v) is 7.50. The van der Waals surface area contributed by atoms with Gasteiger partial charge < -0.3 is 5.32 Å². The molecule has 0 aliphatic carbocycles. The van der Waals surface area contributed by atoms with Crippen molar-refractivity contribution < 1.29 is 4.79 Å². The first-order chi connectivity index (χ1) is 10.1. The number of aryl methyl sites for hydroxylation is 1. The Hall–Kier alpha value is -2.10. The first-order valence-electron chi connectivity index (χ1n) is 7.50. The monoisotopic (exact) mass is 285 g/mol. The Morgan fingerprint density at radius 1 is 1.24 bits per heavy atom. The minimum absolute atomic E-state index is 0.128.